The number of aromatic nitrogens is 2. The summed E-state index contributed by atoms with van der Waals surface area (Å²) in [5.74, 6) is -1.82. The van der Waals surface area contributed by atoms with Crippen LogP contribution in [0.1, 0.15) is 34.6 Å². The lowest BCUT2D eigenvalue weighted by molar-refractivity contribution is -0.164. The molecule has 11 heteroatoms. The minimum absolute atomic E-state index is 0.139. The molecule has 1 saturated heterocycles. The van der Waals surface area contributed by atoms with E-state index in [4.69, 9.17) is 9.47 Å². The third-order valence-corrected chi connectivity index (χ3v) is 9.06. The van der Waals surface area contributed by atoms with Gasteiger partial charge in [-0.05, 0) is 25.3 Å². The number of rotatable bonds is 6. The molecule has 5 heterocycles. The third-order valence-electron chi connectivity index (χ3n) is 7.10. The predicted octanol–water partition coefficient (Wildman–Crippen LogP) is 3.44. The monoisotopic (exact) mass is 537 g/mol. The third kappa shape index (κ3) is 3.56. The van der Waals surface area contributed by atoms with Gasteiger partial charge in [0.05, 0.1) is 28.5 Å². The molecule has 0 aliphatic carbocycles. The van der Waals surface area contributed by atoms with Crippen molar-refractivity contribution >= 4 is 57.1 Å². The number of aliphatic hydroxyl groups excluding tert-OH is 1. The first-order valence-corrected chi connectivity index (χ1v) is 13.8. The number of aliphatic hydroxyl groups is 1. The molecular weight excluding hydrogens is 514 g/mol. The van der Waals surface area contributed by atoms with Gasteiger partial charge in [-0.15, -0.1) is 23.1 Å². The summed E-state index contributed by atoms with van der Waals surface area (Å²) in [6, 6.07) is 6.67. The van der Waals surface area contributed by atoms with Crippen LogP contribution in [-0.2, 0) is 19.1 Å². The van der Waals surface area contributed by atoms with Crippen LogP contribution in [0.5, 0.6) is 0 Å². The zero-order valence-corrected chi connectivity index (χ0v) is 21.8. The van der Waals surface area contributed by atoms with Crippen molar-refractivity contribution < 1.29 is 29.0 Å². The highest BCUT2D eigenvalue weighted by Gasteiger charge is 2.60. The summed E-state index contributed by atoms with van der Waals surface area (Å²) in [4.78, 5) is 46.2. The van der Waals surface area contributed by atoms with Gasteiger partial charge < -0.3 is 19.5 Å². The zero-order chi connectivity index (χ0) is 26.0. The lowest BCUT2D eigenvalue weighted by Gasteiger charge is -2.46. The second kappa shape index (κ2) is 8.86. The van der Waals surface area contributed by atoms with E-state index < -0.39 is 24.0 Å². The number of thioether (sulfide) groups is 1. The maximum atomic E-state index is 13.5. The first kappa shape index (κ1) is 24.0. The smallest absolute Gasteiger partial charge is 0.355 e. The quantitative estimate of drug-likeness (QED) is 0.289. The first-order valence-electron chi connectivity index (χ1n) is 11.8. The molecule has 37 heavy (non-hydrogen) atoms. The molecule has 3 aliphatic rings. The molecule has 0 saturated carbocycles. The molecule has 3 aromatic rings. The van der Waals surface area contributed by atoms with Crippen LogP contribution in [0.25, 0.3) is 16.2 Å². The maximum absolute atomic E-state index is 13.5. The average molecular weight is 538 g/mol. The van der Waals surface area contributed by atoms with Gasteiger partial charge in [0.1, 0.15) is 34.2 Å². The summed E-state index contributed by atoms with van der Waals surface area (Å²) in [6.45, 7) is 3.43. The van der Waals surface area contributed by atoms with E-state index in [0.717, 1.165) is 20.3 Å². The molecule has 1 aromatic carbocycles. The van der Waals surface area contributed by atoms with Crippen LogP contribution in [0.2, 0.25) is 0 Å². The summed E-state index contributed by atoms with van der Waals surface area (Å²) in [7, 11) is 0. The predicted molar refractivity (Wildman–Crippen MR) is 138 cm³/mol. The number of thiazole rings is 1. The molecule has 1 amide bonds. The maximum Gasteiger partial charge on any atom is 0.355 e. The number of ether oxygens (including phenoxy) is 2. The minimum Gasteiger partial charge on any atom is -0.457 e. The Bertz CT molecular complexity index is 1530. The van der Waals surface area contributed by atoms with Crippen LogP contribution in [0.15, 0.2) is 53.6 Å². The summed E-state index contributed by atoms with van der Waals surface area (Å²) in [5.41, 5.74) is 2.02. The molecule has 0 bridgehead atoms. The number of carbonyl (C=O) groups is 3. The number of imidazole rings is 1. The van der Waals surface area contributed by atoms with E-state index in [1.165, 1.54) is 28.0 Å². The highest BCUT2D eigenvalue weighted by Crippen LogP contribution is 2.52. The van der Waals surface area contributed by atoms with Crippen LogP contribution >= 0.6 is 23.1 Å². The lowest BCUT2D eigenvalue weighted by atomic mass is 9.77. The van der Waals surface area contributed by atoms with Gasteiger partial charge in [-0.2, -0.15) is 0 Å². The molecule has 1 N–H and O–H groups in total. The molecule has 0 unspecified atom stereocenters. The van der Waals surface area contributed by atoms with Crippen molar-refractivity contribution in [1.29, 1.82) is 0 Å². The van der Waals surface area contributed by atoms with Crippen molar-refractivity contribution in [2.24, 2.45) is 11.8 Å². The number of amides is 1. The Morgan fingerprint density at radius 1 is 1.32 bits per heavy atom. The van der Waals surface area contributed by atoms with Gasteiger partial charge in [0, 0.05) is 23.3 Å². The molecule has 3 aliphatic heterocycles. The summed E-state index contributed by atoms with van der Waals surface area (Å²) >= 11 is 3.04. The SMILES string of the molecule is CSc1ncn2cc(C3=C(C(=O)OCC=C4OC(=O)c5ccccc54)N4C(=O)[C@H]([C@@H](C)O)[C@H]4[C@H]3C)sc12. The van der Waals surface area contributed by atoms with Gasteiger partial charge in [-0.3, -0.25) is 9.20 Å². The topological polar surface area (TPSA) is 110 Å². The molecule has 190 valence electrons. The average Bonchev–Trinajstić information content (AvgIpc) is 3.59. The number of carbonyl (C=O) groups excluding carboxylic acids is 3. The number of hydrogen-bond acceptors (Lipinski definition) is 9. The van der Waals surface area contributed by atoms with Gasteiger partial charge in [0.25, 0.3) is 0 Å². The van der Waals surface area contributed by atoms with Crippen LogP contribution in [0, 0.1) is 11.8 Å². The van der Waals surface area contributed by atoms with Crippen molar-refractivity contribution in [3.05, 3.63) is 64.6 Å². The van der Waals surface area contributed by atoms with Crippen molar-refractivity contribution in [3.8, 4) is 0 Å². The Labute approximate surface area is 220 Å². The van der Waals surface area contributed by atoms with Gasteiger partial charge in [0.15, 0.2) is 0 Å². The fourth-order valence-corrected chi connectivity index (χ4v) is 7.34. The Morgan fingerprint density at radius 3 is 2.81 bits per heavy atom. The number of β-lactam (4-membered cyclic amide) rings is 1. The molecule has 0 radical (unpaired) electrons. The van der Waals surface area contributed by atoms with Crippen LogP contribution in [0.3, 0.4) is 0 Å². The van der Waals surface area contributed by atoms with Crippen molar-refractivity contribution in [2.75, 3.05) is 12.9 Å². The molecule has 2 aromatic heterocycles. The Hall–Kier alpha value is -3.41. The van der Waals surface area contributed by atoms with Crippen molar-refractivity contribution in [2.45, 2.75) is 31.0 Å². The molecule has 4 atom stereocenters. The molecule has 0 spiro atoms. The van der Waals surface area contributed by atoms with Crippen molar-refractivity contribution in [3.63, 3.8) is 0 Å². The van der Waals surface area contributed by atoms with E-state index in [1.54, 1.807) is 43.6 Å². The number of cyclic esters (lactones) is 1. The lowest BCUT2D eigenvalue weighted by Crippen LogP contribution is -2.63. The highest BCUT2D eigenvalue weighted by atomic mass is 32.2. The van der Waals surface area contributed by atoms with E-state index in [1.807, 2.05) is 23.8 Å². The fraction of sp³-hybridized carbons (Fsp3) is 0.308. The van der Waals surface area contributed by atoms with E-state index in [2.05, 4.69) is 4.98 Å². The van der Waals surface area contributed by atoms with Crippen molar-refractivity contribution in [1.82, 2.24) is 14.3 Å². The number of benzene rings is 1. The molecule has 9 nitrogen and oxygen atoms in total. The van der Waals surface area contributed by atoms with Gasteiger partial charge in [-0.1, -0.05) is 25.1 Å². The van der Waals surface area contributed by atoms with Gasteiger partial charge in [0.2, 0.25) is 5.91 Å². The molecular formula is C26H23N3O6S2. The van der Waals surface area contributed by atoms with E-state index in [9.17, 15) is 19.5 Å². The number of fused-ring (bicyclic) bond motifs is 3. The zero-order valence-electron chi connectivity index (χ0n) is 20.2. The Balaban J connectivity index is 1.33. The first-order chi connectivity index (χ1) is 17.8. The number of nitrogens with zero attached hydrogens (tertiary/aromatic N) is 3. The fourth-order valence-electron chi connectivity index (χ4n) is 5.42. The van der Waals surface area contributed by atoms with Crippen LogP contribution in [-0.4, -0.2) is 62.2 Å². The van der Waals surface area contributed by atoms with E-state index >= 15 is 0 Å². The highest BCUT2D eigenvalue weighted by molar-refractivity contribution is 7.98. The normalized spacial score (nSPS) is 24.4. The van der Waals surface area contributed by atoms with Crippen LogP contribution in [0.4, 0.5) is 0 Å². The second-order valence-corrected chi connectivity index (χ2v) is 11.0. The molecule has 6 rings (SSSR count). The van der Waals surface area contributed by atoms with Gasteiger partial charge in [-0.25, -0.2) is 14.6 Å². The standard InChI is InChI=1S/C26H23N3O6S2/c1-12-18(17-10-28-11-27-22(36-3)24(28)37-17)21(29-20(12)19(13(2)30)23(29)31)26(33)34-9-8-16-14-6-4-5-7-15(14)25(32)35-16/h4-8,10-13,19-20,30H,9H2,1-3H3/t12-,13+,19+,20+/m0/s1. The van der Waals surface area contributed by atoms with E-state index in [0.29, 0.717) is 16.9 Å². The van der Waals surface area contributed by atoms with Gasteiger partial charge >= 0.3 is 11.9 Å². The Morgan fingerprint density at radius 2 is 2.08 bits per heavy atom. The summed E-state index contributed by atoms with van der Waals surface area (Å²) in [6.07, 6.45) is 6.30. The van der Waals surface area contributed by atoms with E-state index in [-0.39, 0.29) is 30.2 Å². The molecule has 1 fully saturated rings. The summed E-state index contributed by atoms with van der Waals surface area (Å²) < 4.78 is 12.8. The largest absolute Gasteiger partial charge is 0.457 e. The minimum atomic E-state index is -0.832. The second-order valence-electron chi connectivity index (χ2n) is 9.18. The number of hydrogen-bond donors (Lipinski definition) is 1. The number of esters is 2. The van der Waals surface area contributed by atoms with Crippen LogP contribution < -0.4 is 0 Å². The summed E-state index contributed by atoms with van der Waals surface area (Å²) in [5, 5.41) is 11.1. The Kier molecular flexibility index (Phi) is 5.74.